The summed E-state index contributed by atoms with van der Waals surface area (Å²) in [6, 6.07) is 15.8. The number of para-hydroxylation sites is 1. The van der Waals surface area contributed by atoms with Crippen molar-refractivity contribution >= 4 is 17.1 Å². The Morgan fingerprint density at radius 2 is 1.83 bits per heavy atom. The molecule has 0 aliphatic heterocycles. The second-order valence-electron chi connectivity index (χ2n) is 6.70. The van der Waals surface area contributed by atoms with Crippen LogP contribution in [0.4, 0.5) is 8.78 Å². The number of hydrogen-bond donors (Lipinski definition) is 2. The van der Waals surface area contributed by atoms with Crippen LogP contribution in [0.5, 0.6) is 5.75 Å². The standard InChI is InChI=1S/C24H18F2N2O2/c1-2-30-22-6-4-3-5-16(22)14-7-9-17(20(26)11-14)23-19(13-27)24(29)18-12-15(25)8-10-21(18)28-23/h3-13,27H,2H2,1H3,(H,28,29). The van der Waals surface area contributed by atoms with E-state index < -0.39 is 17.1 Å². The Labute approximate surface area is 171 Å². The first-order valence-corrected chi connectivity index (χ1v) is 9.41. The lowest BCUT2D eigenvalue weighted by molar-refractivity contribution is 0.341. The lowest BCUT2D eigenvalue weighted by atomic mass is 9.98. The second-order valence-corrected chi connectivity index (χ2v) is 6.70. The van der Waals surface area contributed by atoms with Gasteiger partial charge in [0, 0.05) is 28.2 Å². The molecule has 30 heavy (non-hydrogen) atoms. The van der Waals surface area contributed by atoms with E-state index in [1.54, 1.807) is 12.1 Å². The van der Waals surface area contributed by atoms with Crippen LogP contribution in [0.2, 0.25) is 0 Å². The van der Waals surface area contributed by atoms with E-state index in [0.29, 0.717) is 23.4 Å². The van der Waals surface area contributed by atoms with E-state index in [1.165, 1.54) is 18.2 Å². The second kappa shape index (κ2) is 7.91. The van der Waals surface area contributed by atoms with Gasteiger partial charge in [0.1, 0.15) is 17.4 Å². The minimum absolute atomic E-state index is 0.0329. The molecule has 0 aliphatic carbocycles. The number of H-pyrrole nitrogens is 1. The average molecular weight is 404 g/mol. The average Bonchev–Trinajstić information content (AvgIpc) is 2.75. The number of ether oxygens (including phenoxy) is 1. The predicted octanol–water partition coefficient (Wildman–Crippen LogP) is 5.54. The first kappa shape index (κ1) is 19.5. The normalized spacial score (nSPS) is 10.9. The maximum atomic E-state index is 15.2. The van der Waals surface area contributed by atoms with E-state index in [1.807, 2.05) is 31.2 Å². The van der Waals surface area contributed by atoms with Crippen LogP contribution in [0.25, 0.3) is 33.3 Å². The Hall–Kier alpha value is -3.80. The molecule has 3 aromatic carbocycles. The van der Waals surface area contributed by atoms with Crippen LogP contribution in [-0.2, 0) is 0 Å². The van der Waals surface area contributed by atoms with Crippen LogP contribution in [0, 0.1) is 17.0 Å². The van der Waals surface area contributed by atoms with Crippen molar-refractivity contribution in [2.45, 2.75) is 6.92 Å². The third-order valence-corrected chi connectivity index (χ3v) is 4.88. The topological polar surface area (TPSA) is 65.9 Å². The molecule has 0 amide bonds. The molecule has 2 N–H and O–H groups in total. The lowest BCUT2D eigenvalue weighted by Gasteiger charge is -2.13. The van der Waals surface area contributed by atoms with Gasteiger partial charge < -0.3 is 15.1 Å². The molecule has 4 nitrogen and oxygen atoms in total. The predicted molar refractivity (Wildman–Crippen MR) is 114 cm³/mol. The van der Waals surface area contributed by atoms with Gasteiger partial charge in [-0.2, -0.15) is 0 Å². The minimum atomic E-state index is -0.556. The molecule has 6 heteroatoms. The third kappa shape index (κ3) is 3.37. The van der Waals surface area contributed by atoms with Gasteiger partial charge in [-0.25, -0.2) is 8.78 Å². The Morgan fingerprint density at radius 1 is 1.03 bits per heavy atom. The molecule has 1 heterocycles. The van der Waals surface area contributed by atoms with Crippen molar-refractivity contribution < 1.29 is 13.5 Å². The summed E-state index contributed by atoms with van der Waals surface area (Å²) in [5.74, 6) is -0.465. The fourth-order valence-electron chi connectivity index (χ4n) is 3.50. The van der Waals surface area contributed by atoms with Gasteiger partial charge in [-0.3, -0.25) is 4.79 Å². The van der Waals surface area contributed by atoms with Crippen molar-refractivity contribution in [1.29, 1.82) is 5.41 Å². The minimum Gasteiger partial charge on any atom is -0.493 e. The van der Waals surface area contributed by atoms with Crippen LogP contribution in [0.15, 0.2) is 65.5 Å². The van der Waals surface area contributed by atoms with E-state index >= 15 is 4.39 Å². The van der Waals surface area contributed by atoms with E-state index in [-0.39, 0.29) is 22.2 Å². The highest BCUT2D eigenvalue weighted by atomic mass is 19.1. The molecule has 4 aromatic rings. The molecule has 0 saturated heterocycles. The number of aromatic amines is 1. The van der Waals surface area contributed by atoms with Crippen LogP contribution < -0.4 is 10.2 Å². The highest BCUT2D eigenvalue weighted by Crippen LogP contribution is 2.33. The summed E-state index contributed by atoms with van der Waals surface area (Å²) in [5, 5.41) is 7.76. The Morgan fingerprint density at radius 3 is 2.57 bits per heavy atom. The van der Waals surface area contributed by atoms with E-state index in [2.05, 4.69) is 4.98 Å². The molecular formula is C24H18F2N2O2. The monoisotopic (exact) mass is 404 g/mol. The number of fused-ring (bicyclic) bond motifs is 1. The zero-order valence-corrected chi connectivity index (χ0v) is 16.1. The zero-order valence-electron chi connectivity index (χ0n) is 16.1. The molecule has 0 bridgehead atoms. The molecule has 0 atom stereocenters. The summed E-state index contributed by atoms with van der Waals surface area (Å²) in [7, 11) is 0. The molecule has 150 valence electrons. The first-order valence-electron chi connectivity index (χ1n) is 9.41. The van der Waals surface area contributed by atoms with Gasteiger partial charge in [0.25, 0.3) is 0 Å². The summed E-state index contributed by atoms with van der Waals surface area (Å²) >= 11 is 0. The summed E-state index contributed by atoms with van der Waals surface area (Å²) in [6.45, 7) is 2.36. The van der Waals surface area contributed by atoms with Crippen molar-refractivity contribution in [2.24, 2.45) is 0 Å². The summed E-state index contributed by atoms with van der Waals surface area (Å²) in [4.78, 5) is 15.7. The largest absolute Gasteiger partial charge is 0.493 e. The third-order valence-electron chi connectivity index (χ3n) is 4.88. The highest BCUT2D eigenvalue weighted by molar-refractivity contribution is 5.94. The fraction of sp³-hybridized carbons (Fsp3) is 0.0833. The van der Waals surface area contributed by atoms with Crippen molar-refractivity contribution in [3.05, 3.63) is 88.1 Å². The molecule has 0 unspecified atom stereocenters. The van der Waals surface area contributed by atoms with Gasteiger partial charge in [-0.05, 0) is 48.9 Å². The van der Waals surface area contributed by atoms with Crippen molar-refractivity contribution in [1.82, 2.24) is 4.98 Å². The number of halogens is 2. The molecule has 1 aromatic heterocycles. The van der Waals surface area contributed by atoms with Gasteiger partial charge in [0.15, 0.2) is 5.43 Å². The summed E-state index contributed by atoms with van der Waals surface area (Å²) < 4.78 is 34.3. The Kier molecular flexibility index (Phi) is 5.14. The first-order chi connectivity index (χ1) is 14.5. The number of benzene rings is 3. The molecule has 0 aliphatic rings. The van der Waals surface area contributed by atoms with Crippen LogP contribution in [0.3, 0.4) is 0 Å². The van der Waals surface area contributed by atoms with Crippen LogP contribution in [0.1, 0.15) is 12.5 Å². The number of pyridine rings is 1. The molecule has 0 radical (unpaired) electrons. The van der Waals surface area contributed by atoms with Crippen molar-refractivity contribution in [2.75, 3.05) is 6.61 Å². The highest BCUT2D eigenvalue weighted by Gasteiger charge is 2.17. The molecular weight excluding hydrogens is 386 g/mol. The van der Waals surface area contributed by atoms with Crippen molar-refractivity contribution in [3.8, 4) is 28.1 Å². The fourth-order valence-corrected chi connectivity index (χ4v) is 3.50. The maximum absolute atomic E-state index is 15.2. The summed E-state index contributed by atoms with van der Waals surface area (Å²) in [6.07, 6.45) is 0.857. The van der Waals surface area contributed by atoms with Crippen LogP contribution in [-0.4, -0.2) is 17.8 Å². The smallest absolute Gasteiger partial charge is 0.198 e. The maximum Gasteiger partial charge on any atom is 0.198 e. The van der Waals surface area contributed by atoms with Gasteiger partial charge in [-0.1, -0.05) is 24.3 Å². The van der Waals surface area contributed by atoms with Gasteiger partial charge >= 0.3 is 0 Å². The number of nitrogens with one attached hydrogen (secondary N) is 2. The molecule has 0 saturated carbocycles. The number of rotatable bonds is 5. The van der Waals surface area contributed by atoms with E-state index in [9.17, 15) is 9.18 Å². The lowest BCUT2D eigenvalue weighted by Crippen LogP contribution is -2.13. The Balaban J connectivity index is 1.89. The van der Waals surface area contributed by atoms with E-state index in [0.717, 1.165) is 17.8 Å². The van der Waals surface area contributed by atoms with Gasteiger partial charge in [0.05, 0.1) is 17.9 Å². The number of hydrogen-bond acceptors (Lipinski definition) is 3. The van der Waals surface area contributed by atoms with Gasteiger partial charge in [-0.15, -0.1) is 0 Å². The molecule has 4 rings (SSSR count). The Bertz CT molecular complexity index is 1330. The molecule has 0 spiro atoms. The zero-order chi connectivity index (χ0) is 21.3. The quantitative estimate of drug-likeness (QED) is 0.429. The molecule has 0 fully saturated rings. The number of aromatic nitrogens is 1. The van der Waals surface area contributed by atoms with Gasteiger partial charge in [0.2, 0.25) is 0 Å². The van der Waals surface area contributed by atoms with Crippen molar-refractivity contribution in [3.63, 3.8) is 0 Å². The van der Waals surface area contributed by atoms with E-state index in [4.69, 9.17) is 10.1 Å². The van der Waals surface area contributed by atoms with Crippen LogP contribution >= 0.6 is 0 Å². The summed E-state index contributed by atoms with van der Waals surface area (Å²) in [5.41, 5.74) is 1.51. The SMILES string of the molecule is CCOc1ccccc1-c1ccc(-c2[nH]c3ccc(F)cc3c(=O)c2C=N)c(F)c1.